The largest absolute Gasteiger partial charge is 0.444 e. The Balaban J connectivity index is 2.34. The van der Waals surface area contributed by atoms with Gasteiger partial charge < -0.3 is 4.74 Å². The van der Waals surface area contributed by atoms with Crippen molar-refractivity contribution in [2.75, 3.05) is 5.32 Å². The predicted octanol–water partition coefficient (Wildman–Crippen LogP) is 3.40. The molecule has 0 aliphatic carbocycles. The van der Waals surface area contributed by atoms with Crippen LogP contribution in [0.3, 0.4) is 0 Å². The van der Waals surface area contributed by atoms with Crippen molar-refractivity contribution in [3.8, 4) is 11.8 Å². The number of nitrogens with zero attached hydrogens (tertiary/aromatic N) is 3. The van der Waals surface area contributed by atoms with Gasteiger partial charge in [-0.15, -0.1) is 0 Å². The van der Waals surface area contributed by atoms with Gasteiger partial charge in [-0.25, -0.2) is 9.48 Å². The van der Waals surface area contributed by atoms with Crippen molar-refractivity contribution in [1.29, 1.82) is 5.26 Å². The minimum Gasteiger partial charge on any atom is -0.444 e. The molecule has 1 amide bonds. The first-order chi connectivity index (χ1) is 10.3. The van der Waals surface area contributed by atoms with Crippen LogP contribution < -0.4 is 5.32 Å². The third-order valence-electron chi connectivity index (χ3n) is 2.79. The number of nitrogens with one attached hydrogen (secondary N) is 1. The topological polar surface area (TPSA) is 79.9 Å². The van der Waals surface area contributed by atoms with Crippen LogP contribution in [0.15, 0.2) is 30.5 Å². The molecule has 114 valence electrons. The molecule has 0 spiro atoms. The quantitative estimate of drug-likeness (QED) is 0.921. The zero-order valence-electron chi connectivity index (χ0n) is 13.0. The number of amides is 1. The molecule has 0 saturated carbocycles. The number of aryl methyl sites for hydroxylation is 1. The smallest absolute Gasteiger partial charge is 0.413 e. The molecular formula is C16H18N4O2. The summed E-state index contributed by atoms with van der Waals surface area (Å²) in [6.45, 7) is 7.30. The summed E-state index contributed by atoms with van der Waals surface area (Å²) in [6.07, 6.45) is 0.782. The Kier molecular flexibility index (Phi) is 4.18. The second kappa shape index (κ2) is 5.90. The fraction of sp³-hybridized carbons (Fsp3) is 0.312. The van der Waals surface area contributed by atoms with Crippen LogP contribution in [0.2, 0.25) is 0 Å². The van der Waals surface area contributed by atoms with E-state index in [1.54, 1.807) is 20.8 Å². The molecule has 22 heavy (non-hydrogen) atoms. The number of ether oxygens (including phenoxy) is 1. The molecule has 1 N–H and O–H groups in total. The van der Waals surface area contributed by atoms with Crippen LogP contribution in [0, 0.1) is 18.3 Å². The SMILES string of the molecule is Cc1ccc(-n2ncc(C#N)c2NC(=O)OC(C)(C)C)cc1. The molecule has 0 aliphatic heterocycles. The fourth-order valence-corrected chi connectivity index (χ4v) is 1.83. The molecule has 2 rings (SSSR count). The summed E-state index contributed by atoms with van der Waals surface area (Å²) in [5, 5.41) is 15.9. The molecule has 6 nitrogen and oxygen atoms in total. The van der Waals surface area contributed by atoms with E-state index in [0.717, 1.165) is 11.3 Å². The predicted molar refractivity (Wildman–Crippen MR) is 82.9 cm³/mol. The average molecular weight is 298 g/mol. The Hall–Kier alpha value is -2.81. The molecule has 0 radical (unpaired) electrons. The normalized spacial score (nSPS) is 10.9. The Bertz CT molecular complexity index is 718. The van der Waals surface area contributed by atoms with E-state index in [2.05, 4.69) is 10.4 Å². The van der Waals surface area contributed by atoms with Crippen molar-refractivity contribution in [3.63, 3.8) is 0 Å². The summed E-state index contributed by atoms with van der Waals surface area (Å²) in [6, 6.07) is 9.60. The van der Waals surface area contributed by atoms with E-state index in [4.69, 9.17) is 4.74 Å². The van der Waals surface area contributed by atoms with Gasteiger partial charge >= 0.3 is 6.09 Å². The van der Waals surface area contributed by atoms with E-state index in [-0.39, 0.29) is 5.56 Å². The number of carbonyl (C=O) groups excluding carboxylic acids is 1. The molecule has 0 atom stereocenters. The first-order valence-corrected chi connectivity index (χ1v) is 6.85. The first kappa shape index (κ1) is 15.6. The van der Waals surface area contributed by atoms with E-state index in [0.29, 0.717) is 5.82 Å². The van der Waals surface area contributed by atoms with Crippen LogP contribution in [0.5, 0.6) is 0 Å². The van der Waals surface area contributed by atoms with Crippen LogP contribution in [-0.2, 0) is 4.74 Å². The van der Waals surface area contributed by atoms with Crippen LogP contribution >= 0.6 is 0 Å². The maximum atomic E-state index is 11.9. The third kappa shape index (κ3) is 3.64. The van der Waals surface area contributed by atoms with Crippen LogP contribution in [0.1, 0.15) is 31.9 Å². The maximum absolute atomic E-state index is 11.9. The molecule has 1 heterocycles. The van der Waals surface area contributed by atoms with Crippen molar-refractivity contribution < 1.29 is 9.53 Å². The van der Waals surface area contributed by atoms with E-state index < -0.39 is 11.7 Å². The van der Waals surface area contributed by atoms with Crippen molar-refractivity contribution in [1.82, 2.24) is 9.78 Å². The third-order valence-corrected chi connectivity index (χ3v) is 2.79. The number of nitriles is 1. The zero-order chi connectivity index (χ0) is 16.3. The van der Waals surface area contributed by atoms with Gasteiger partial charge in [0.1, 0.15) is 17.2 Å². The second-order valence-corrected chi connectivity index (χ2v) is 5.89. The summed E-state index contributed by atoms with van der Waals surface area (Å²) in [4.78, 5) is 11.9. The summed E-state index contributed by atoms with van der Waals surface area (Å²) >= 11 is 0. The maximum Gasteiger partial charge on any atom is 0.413 e. The number of benzene rings is 1. The highest BCUT2D eigenvalue weighted by Crippen LogP contribution is 2.21. The van der Waals surface area contributed by atoms with Gasteiger partial charge in [-0.3, -0.25) is 5.32 Å². The van der Waals surface area contributed by atoms with Gasteiger partial charge in [0.2, 0.25) is 0 Å². The number of rotatable bonds is 2. The Morgan fingerprint density at radius 3 is 2.50 bits per heavy atom. The molecule has 2 aromatic rings. The molecule has 6 heteroatoms. The number of carbonyl (C=O) groups is 1. The fourth-order valence-electron chi connectivity index (χ4n) is 1.83. The molecule has 0 fully saturated rings. The van der Waals surface area contributed by atoms with Gasteiger partial charge in [0, 0.05) is 0 Å². The van der Waals surface area contributed by atoms with Gasteiger partial charge in [-0.2, -0.15) is 10.4 Å². The summed E-state index contributed by atoms with van der Waals surface area (Å²) in [5.41, 5.74) is 1.51. The molecule has 0 saturated heterocycles. The first-order valence-electron chi connectivity index (χ1n) is 6.85. The van der Waals surface area contributed by atoms with E-state index >= 15 is 0 Å². The Morgan fingerprint density at radius 1 is 1.32 bits per heavy atom. The standard InChI is InChI=1S/C16H18N4O2/c1-11-5-7-13(8-6-11)20-14(12(9-17)10-18-20)19-15(21)22-16(2,3)4/h5-8,10H,1-4H3,(H,19,21). The number of aromatic nitrogens is 2. The minimum absolute atomic E-state index is 0.270. The highest BCUT2D eigenvalue weighted by Gasteiger charge is 2.20. The zero-order valence-corrected chi connectivity index (χ0v) is 13.0. The summed E-state index contributed by atoms with van der Waals surface area (Å²) < 4.78 is 6.72. The highest BCUT2D eigenvalue weighted by molar-refractivity contribution is 5.86. The van der Waals surface area contributed by atoms with Crippen molar-refractivity contribution in [2.24, 2.45) is 0 Å². The van der Waals surface area contributed by atoms with Crippen molar-refractivity contribution >= 4 is 11.9 Å². The minimum atomic E-state index is -0.627. The summed E-state index contributed by atoms with van der Waals surface area (Å²) in [7, 11) is 0. The lowest BCUT2D eigenvalue weighted by molar-refractivity contribution is 0.0635. The van der Waals surface area contributed by atoms with Crippen molar-refractivity contribution in [3.05, 3.63) is 41.6 Å². The lowest BCUT2D eigenvalue weighted by Crippen LogP contribution is -2.28. The number of hydrogen-bond donors (Lipinski definition) is 1. The average Bonchev–Trinajstić information content (AvgIpc) is 2.80. The Labute approximate surface area is 129 Å². The van der Waals surface area contributed by atoms with Crippen LogP contribution in [-0.4, -0.2) is 21.5 Å². The lowest BCUT2D eigenvalue weighted by atomic mass is 10.2. The molecule has 0 bridgehead atoms. The molecule has 1 aromatic heterocycles. The summed E-state index contributed by atoms with van der Waals surface area (Å²) in [5.74, 6) is 0.292. The lowest BCUT2D eigenvalue weighted by Gasteiger charge is -2.20. The van der Waals surface area contributed by atoms with E-state index in [9.17, 15) is 10.1 Å². The van der Waals surface area contributed by atoms with Crippen LogP contribution in [0.25, 0.3) is 5.69 Å². The monoisotopic (exact) mass is 298 g/mol. The van der Waals surface area contributed by atoms with Gasteiger partial charge in [-0.05, 0) is 39.8 Å². The van der Waals surface area contributed by atoms with Crippen molar-refractivity contribution in [2.45, 2.75) is 33.3 Å². The molecule has 0 unspecified atom stereocenters. The highest BCUT2D eigenvalue weighted by atomic mass is 16.6. The number of hydrogen-bond acceptors (Lipinski definition) is 4. The number of anilines is 1. The van der Waals surface area contributed by atoms with E-state index in [1.807, 2.05) is 37.3 Å². The second-order valence-electron chi connectivity index (χ2n) is 5.89. The molecular weight excluding hydrogens is 280 g/mol. The van der Waals surface area contributed by atoms with Gasteiger partial charge in [0.25, 0.3) is 0 Å². The van der Waals surface area contributed by atoms with Gasteiger partial charge in [-0.1, -0.05) is 17.7 Å². The Morgan fingerprint density at radius 2 is 1.95 bits per heavy atom. The molecule has 0 aliphatic rings. The van der Waals surface area contributed by atoms with Gasteiger partial charge in [0.05, 0.1) is 11.9 Å². The van der Waals surface area contributed by atoms with E-state index in [1.165, 1.54) is 10.9 Å². The van der Waals surface area contributed by atoms with Crippen LogP contribution in [0.4, 0.5) is 10.6 Å². The van der Waals surface area contributed by atoms with Gasteiger partial charge in [0.15, 0.2) is 5.82 Å². The molecule has 1 aromatic carbocycles.